The van der Waals surface area contributed by atoms with Crippen LogP contribution >= 0.6 is 12.4 Å². The van der Waals surface area contributed by atoms with Gasteiger partial charge in [0.15, 0.2) is 0 Å². The van der Waals surface area contributed by atoms with E-state index in [0.29, 0.717) is 37.9 Å². The van der Waals surface area contributed by atoms with Crippen molar-refractivity contribution in [3.05, 3.63) is 154 Å². The van der Waals surface area contributed by atoms with Crippen molar-refractivity contribution in [2.45, 2.75) is 47.3 Å². The fourth-order valence-corrected chi connectivity index (χ4v) is 6.31. The lowest BCUT2D eigenvalue weighted by Gasteiger charge is -2.34. The highest BCUT2D eigenvalue weighted by molar-refractivity contribution is 5.92. The van der Waals surface area contributed by atoms with Gasteiger partial charge in [-0.2, -0.15) is 0 Å². The van der Waals surface area contributed by atoms with Crippen LogP contribution < -0.4 is 14.2 Å². The van der Waals surface area contributed by atoms with Gasteiger partial charge in [0.25, 0.3) is 0 Å². The average Bonchev–Trinajstić information content (AvgIpc) is 3.14. The van der Waals surface area contributed by atoms with E-state index in [1.165, 1.54) is 34.4 Å². The number of benzene rings is 4. The van der Waals surface area contributed by atoms with Gasteiger partial charge in [0.2, 0.25) is 11.8 Å². The lowest BCUT2D eigenvalue weighted by atomic mass is 10.0. The van der Waals surface area contributed by atoms with E-state index in [4.69, 9.17) is 14.2 Å². The minimum absolute atomic E-state index is 0. The largest absolute Gasteiger partial charge is 0.493 e. The molecule has 0 atom stereocenters. The maximum Gasteiger partial charge on any atom is 0.246 e. The molecule has 0 saturated carbocycles. The van der Waals surface area contributed by atoms with Crippen LogP contribution in [0.2, 0.25) is 0 Å². The molecule has 2 heterocycles. The van der Waals surface area contributed by atoms with E-state index in [-0.39, 0.29) is 24.1 Å². The van der Waals surface area contributed by atoms with E-state index in [0.717, 1.165) is 59.8 Å². The number of pyridine rings is 1. The highest BCUT2D eigenvalue weighted by atomic mass is 35.5. The van der Waals surface area contributed by atoms with Crippen molar-refractivity contribution in [1.82, 2.24) is 14.8 Å². The van der Waals surface area contributed by atoms with Gasteiger partial charge >= 0.3 is 0 Å². The summed E-state index contributed by atoms with van der Waals surface area (Å²) in [6, 6.07) is 28.7. The van der Waals surface area contributed by atoms with Gasteiger partial charge in [-0.1, -0.05) is 48.0 Å². The number of halogens is 2. The molecule has 6 rings (SSSR count). The van der Waals surface area contributed by atoms with Crippen LogP contribution in [0.4, 0.5) is 4.39 Å². The second-order valence-corrected chi connectivity index (χ2v) is 13.4. The van der Waals surface area contributed by atoms with Crippen LogP contribution in [0.15, 0.2) is 103 Å². The van der Waals surface area contributed by atoms with Crippen molar-refractivity contribution in [3.63, 3.8) is 0 Å². The van der Waals surface area contributed by atoms with Gasteiger partial charge in [0, 0.05) is 51.3 Å². The minimum atomic E-state index is -0.277. The van der Waals surface area contributed by atoms with Gasteiger partial charge in [-0.25, -0.2) is 9.37 Å². The minimum Gasteiger partial charge on any atom is -0.493 e. The zero-order valence-electron chi connectivity index (χ0n) is 30.8. The van der Waals surface area contributed by atoms with Crippen LogP contribution in [0.3, 0.4) is 0 Å². The van der Waals surface area contributed by atoms with Crippen molar-refractivity contribution in [3.8, 4) is 23.1 Å². The van der Waals surface area contributed by atoms with Crippen LogP contribution in [-0.2, 0) is 24.4 Å². The molecule has 0 bridgehead atoms. The zero-order valence-corrected chi connectivity index (χ0v) is 31.6. The van der Waals surface area contributed by atoms with Crippen molar-refractivity contribution >= 4 is 24.4 Å². The quantitative estimate of drug-likeness (QED) is 0.112. The van der Waals surface area contributed by atoms with E-state index in [1.54, 1.807) is 36.5 Å². The second kappa shape index (κ2) is 18.5. The number of piperazine rings is 1. The SMILES string of the molecule is Cc1ccc(OCCc2ccc(CN3CCN(C(=O)C=Cc4cc(C)c(Oc5ccc(OCc6ccc(F)cc6)cn5)c(C)c4)CC3)cc2C)cc1.Cl. The lowest BCUT2D eigenvalue weighted by Crippen LogP contribution is -2.47. The molecule has 1 aliphatic heterocycles. The number of aromatic nitrogens is 1. The molecule has 1 saturated heterocycles. The van der Waals surface area contributed by atoms with Gasteiger partial charge in [0.05, 0.1) is 12.8 Å². The van der Waals surface area contributed by atoms with E-state index >= 15 is 0 Å². The lowest BCUT2D eigenvalue weighted by molar-refractivity contribution is -0.127. The van der Waals surface area contributed by atoms with E-state index in [9.17, 15) is 9.18 Å². The van der Waals surface area contributed by atoms with Crippen molar-refractivity contribution in [1.29, 1.82) is 0 Å². The Balaban J connectivity index is 0.00000541. The van der Waals surface area contributed by atoms with Gasteiger partial charge in [-0.3, -0.25) is 9.69 Å². The number of hydrogen-bond donors (Lipinski definition) is 0. The number of carbonyl (C=O) groups excluding carboxylic acids is 1. The Morgan fingerprint density at radius 3 is 2.11 bits per heavy atom. The van der Waals surface area contributed by atoms with E-state index < -0.39 is 0 Å². The maximum absolute atomic E-state index is 13.1. The summed E-state index contributed by atoms with van der Waals surface area (Å²) in [7, 11) is 0. The molecule has 0 aliphatic carbocycles. The average molecular weight is 736 g/mol. The van der Waals surface area contributed by atoms with Crippen LogP contribution in [0.25, 0.3) is 6.08 Å². The molecular weight excluding hydrogens is 689 g/mol. The highest BCUT2D eigenvalue weighted by Crippen LogP contribution is 2.30. The summed E-state index contributed by atoms with van der Waals surface area (Å²) in [5, 5.41) is 0. The number of ether oxygens (including phenoxy) is 3. The first kappa shape index (κ1) is 39.0. The molecule has 1 amide bonds. The first-order valence-electron chi connectivity index (χ1n) is 17.8. The van der Waals surface area contributed by atoms with Crippen LogP contribution in [0.5, 0.6) is 23.1 Å². The molecular formula is C44H47ClFN3O4. The molecule has 53 heavy (non-hydrogen) atoms. The molecule has 0 radical (unpaired) electrons. The number of nitrogens with zero attached hydrogens (tertiary/aromatic N) is 3. The highest BCUT2D eigenvalue weighted by Gasteiger charge is 2.20. The summed E-state index contributed by atoms with van der Waals surface area (Å²) in [6.07, 6.45) is 6.02. The fraction of sp³-hybridized carbons (Fsp3) is 0.273. The predicted molar refractivity (Wildman–Crippen MR) is 211 cm³/mol. The van der Waals surface area contributed by atoms with Crippen LogP contribution in [0, 0.1) is 33.5 Å². The topological polar surface area (TPSA) is 64.1 Å². The molecule has 5 aromatic rings. The number of hydrogen-bond acceptors (Lipinski definition) is 6. The summed E-state index contributed by atoms with van der Waals surface area (Å²) >= 11 is 0. The number of amides is 1. The van der Waals surface area contributed by atoms with E-state index in [2.05, 4.69) is 54.1 Å². The molecule has 9 heteroatoms. The number of carbonyl (C=O) groups is 1. The third-order valence-corrected chi connectivity index (χ3v) is 9.29. The fourth-order valence-electron chi connectivity index (χ4n) is 6.31. The Kier molecular flexibility index (Phi) is 13.7. The third-order valence-electron chi connectivity index (χ3n) is 9.29. The smallest absolute Gasteiger partial charge is 0.246 e. The van der Waals surface area contributed by atoms with Gasteiger partial charge < -0.3 is 19.1 Å². The Bertz CT molecular complexity index is 1970. The molecule has 1 fully saturated rings. The number of rotatable bonds is 13. The monoisotopic (exact) mass is 735 g/mol. The van der Waals surface area contributed by atoms with Crippen molar-refractivity contribution < 1.29 is 23.4 Å². The van der Waals surface area contributed by atoms with E-state index in [1.807, 2.05) is 49.1 Å². The molecule has 0 unspecified atom stereocenters. The molecule has 4 aromatic carbocycles. The van der Waals surface area contributed by atoms with Crippen LogP contribution in [0.1, 0.15) is 44.5 Å². The maximum atomic E-state index is 13.1. The second-order valence-electron chi connectivity index (χ2n) is 13.4. The van der Waals surface area contributed by atoms with Crippen molar-refractivity contribution in [2.24, 2.45) is 0 Å². The van der Waals surface area contributed by atoms with Gasteiger partial charge in [-0.15, -0.1) is 12.4 Å². The van der Waals surface area contributed by atoms with Crippen LogP contribution in [-0.4, -0.2) is 53.5 Å². The number of aryl methyl sites for hydroxylation is 4. The summed E-state index contributed by atoms with van der Waals surface area (Å²) < 4.78 is 31.0. The molecule has 276 valence electrons. The molecule has 1 aliphatic rings. The van der Waals surface area contributed by atoms with Crippen molar-refractivity contribution in [2.75, 3.05) is 32.8 Å². The molecule has 7 nitrogen and oxygen atoms in total. The first-order valence-corrected chi connectivity index (χ1v) is 17.8. The third kappa shape index (κ3) is 11.2. The van der Waals surface area contributed by atoms with Gasteiger partial charge in [0.1, 0.15) is 29.7 Å². The predicted octanol–water partition coefficient (Wildman–Crippen LogP) is 9.23. The standard InChI is InChI=1S/C44H46FN3O4.ClH/c1-31-5-14-40(15-6-31)50-24-19-38-11-7-37(25-32(38)2)29-47-20-22-48(23-21-47)43(49)18-10-36-26-33(3)44(34(4)27-36)52-42-17-16-41(28-46-42)51-30-35-8-12-39(45)13-9-35;/h5-18,25-28H,19-24,29-30H2,1-4H3;1H. The molecule has 0 N–H and O–H groups in total. The zero-order chi connectivity index (χ0) is 36.5. The first-order chi connectivity index (χ1) is 25.2. The molecule has 1 aromatic heterocycles. The summed E-state index contributed by atoms with van der Waals surface area (Å²) in [5.74, 6) is 2.42. The summed E-state index contributed by atoms with van der Waals surface area (Å²) in [4.78, 5) is 21.8. The van der Waals surface area contributed by atoms with Gasteiger partial charge in [-0.05, 0) is 115 Å². The normalized spacial score (nSPS) is 13.1. The summed E-state index contributed by atoms with van der Waals surface area (Å²) in [6.45, 7) is 13.1. The Labute approximate surface area is 318 Å². The summed E-state index contributed by atoms with van der Waals surface area (Å²) in [5.41, 5.74) is 8.80. The Morgan fingerprint density at radius 1 is 0.774 bits per heavy atom. The Morgan fingerprint density at radius 2 is 1.45 bits per heavy atom. The molecule has 0 spiro atoms. The Hall–Kier alpha value is -5.18.